The first kappa shape index (κ1) is 20.9. The number of hydrogen-bond donors (Lipinski definition) is 1. The van der Waals surface area contributed by atoms with Gasteiger partial charge >= 0.3 is 7.60 Å². The zero-order chi connectivity index (χ0) is 19.7. The summed E-state index contributed by atoms with van der Waals surface area (Å²) in [6.07, 6.45) is -2.37. The van der Waals surface area contributed by atoms with Gasteiger partial charge in [0, 0.05) is 14.2 Å². The van der Waals surface area contributed by atoms with E-state index in [1.54, 1.807) is 13.8 Å². The molecule has 2 fully saturated rings. The maximum Gasteiger partial charge on any atom is 0.335 e. The van der Waals surface area contributed by atoms with Crippen LogP contribution in [-0.2, 0) is 39.2 Å². The van der Waals surface area contributed by atoms with E-state index in [0.29, 0.717) is 6.61 Å². The van der Waals surface area contributed by atoms with E-state index >= 15 is 0 Å². The van der Waals surface area contributed by atoms with Gasteiger partial charge in [0.05, 0.1) is 13.2 Å². The van der Waals surface area contributed by atoms with Crippen molar-refractivity contribution in [3.63, 3.8) is 0 Å². The van der Waals surface area contributed by atoms with Gasteiger partial charge in [-0.15, -0.1) is 0 Å². The van der Waals surface area contributed by atoms with E-state index in [1.165, 1.54) is 14.2 Å². The molecule has 2 aliphatic heterocycles. The van der Waals surface area contributed by atoms with Crippen LogP contribution >= 0.6 is 7.60 Å². The molecule has 0 aliphatic carbocycles. The highest BCUT2D eigenvalue weighted by Gasteiger charge is 2.64. The van der Waals surface area contributed by atoms with Crippen molar-refractivity contribution in [2.24, 2.45) is 0 Å². The normalized spacial score (nSPS) is 32.6. The summed E-state index contributed by atoms with van der Waals surface area (Å²) in [6, 6.07) is 9.72. The summed E-state index contributed by atoms with van der Waals surface area (Å²) in [5, 5.41) is 11.1. The molecule has 3 rings (SSSR count). The van der Waals surface area contributed by atoms with Gasteiger partial charge in [-0.3, -0.25) is 4.57 Å². The summed E-state index contributed by atoms with van der Waals surface area (Å²) in [7, 11) is -1.02. The molecule has 2 aliphatic rings. The molecule has 152 valence electrons. The summed E-state index contributed by atoms with van der Waals surface area (Å²) >= 11 is 0. The molecule has 9 heteroatoms. The Balaban J connectivity index is 1.71. The second-order valence-electron chi connectivity index (χ2n) is 7.16. The average Bonchev–Trinajstić information content (AvgIpc) is 3.08. The molecule has 1 N–H and O–H groups in total. The van der Waals surface area contributed by atoms with E-state index < -0.39 is 37.5 Å². The van der Waals surface area contributed by atoms with E-state index in [4.69, 9.17) is 28.0 Å². The van der Waals surface area contributed by atoms with Gasteiger partial charge in [-0.1, -0.05) is 30.3 Å². The van der Waals surface area contributed by atoms with Crippen LogP contribution in [0.15, 0.2) is 30.3 Å². The van der Waals surface area contributed by atoms with Crippen molar-refractivity contribution >= 4 is 7.60 Å². The summed E-state index contributed by atoms with van der Waals surface area (Å²) in [4.78, 5) is 0. The SMILES string of the molecule is COP(=O)(CC1(O)OC(COCc2ccccc2)C2OC(C)(C)OC21)OC. The van der Waals surface area contributed by atoms with Gasteiger partial charge in [0.15, 0.2) is 5.79 Å². The van der Waals surface area contributed by atoms with Crippen LogP contribution in [0, 0.1) is 0 Å². The molecular weight excluding hydrogens is 375 g/mol. The average molecular weight is 402 g/mol. The molecule has 0 aromatic heterocycles. The number of rotatable bonds is 8. The van der Waals surface area contributed by atoms with Crippen LogP contribution in [0.3, 0.4) is 0 Å². The molecule has 0 bridgehead atoms. The zero-order valence-corrected chi connectivity index (χ0v) is 16.9. The van der Waals surface area contributed by atoms with Crippen molar-refractivity contribution in [3.8, 4) is 0 Å². The van der Waals surface area contributed by atoms with Crippen molar-refractivity contribution in [2.75, 3.05) is 27.0 Å². The predicted molar refractivity (Wildman–Crippen MR) is 96.2 cm³/mol. The van der Waals surface area contributed by atoms with E-state index in [-0.39, 0.29) is 12.8 Å². The van der Waals surface area contributed by atoms with Gasteiger partial charge in [0.1, 0.15) is 24.5 Å². The molecule has 27 heavy (non-hydrogen) atoms. The summed E-state index contributed by atoms with van der Waals surface area (Å²) in [5.41, 5.74) is 1.02. The highest BCUT2D eigenvalue weighted by atomic mass is 31.2. The largest absolute Gasteiger partial charge is 0.374 e. The van der Waals surface area contributed by atoms with Crippen LogP contribution in [0.4, 0.5) is 0 Å². The molecule has 1 aromatic carbocycles. The maximum absolute atomic E-state index is 12.6. The van der Waals surface area contributed by atoms with E-state index in [0.717, 1.165) is 5.56 Å². The molecule has 4 unspecified atom stereocenters. The molecule has 0 amide bonds. The van der Waals surface area contributed by atoms with Crippen molar-refractivity contribution in [3.05, 3.63) is 35.9 Å². The van der Waals surface area contributed by atoms with Gasteiger partial charge < -0.3 is 33.1 Å². The van der Waals surface area contributed by atoms with Crippen LogP contribution < -0.4 is 0 Å². The lowest BCUT2D eigenvalue weighted by Gasteiger charge is -2.31. The topological polar surface area (TPSA) is 92.7 Å². The van der Waals surface area contributed by atoms with Gasteiger partial charge in [0.25, 0.3) is 0 Å². The predicted octanol–water partition coefficient (Wildman–Crippen LogP) is 2.30. The van der Waals surface area contributed by atoms with Gasteiger partial charge in [-0.05, 0) is 19.4 Å². The first-order valence-corrected chi connectivity index (χ1v) is 10.5. The first-order valence-electron chi connectivity index (χ1n) is 8.78. The van der Waals surface area contributed by atoms with Crippen molar-refractivity contribution in [1.82, 2.24) is 0 Å². The van der Waals surface area contributed by atoms with Crippen LogP contribution in [0.2, 0.25) is 0 Å². The minimum Gasteiger partial charge on any atom is -0.374 e. The smallest absolute Gasteiger partial charge is 0.335 e. The van der Waals surface area contributed by atoms with Crippen molar-refractivity contribution in [2.45, 2.75) is 50.3 Å². The molecule has 8 nitrogen and oxygen atoms in total. The third kappa shape index (κ3) is 4.60. The van der Waals surface area contributed by atoms with E-state index in [9.17, 15) is 9.67 Å². The first-order chi connectivity index (χ1) is 12.7. The lowest BCUT2D eigenvalue weighted by atomic mass is 10.1. The molecule has 4 atom stereocenters. The minimum absolute atomic E-state index is 0.183. The van der Waals surface area contributed by atoms with Crippen LogP contribution in [0.25, 0.3) is 0 Å². The Morgan fingerprint density at radius 1 is 1.11 bits per heavy atom. The van der Waals surface area contributed by atoms with Gasteiger partial charge in [-0.2, -0.15) is 0 Å². The summed E-state index contributed by atoms with van der Waals surface area (Å²) in [5.74, 6) is -2.78. The van der Waals surface area contributed by atoms with Crippen molar-refractivity contribution < 1.29 is 37.7 Å². The third-order valence-corrected chi connectivity index (χ3v) is 6.62. The van der Waals surface area contributed by atoms with Crippen LogP contribution in [0.1, 0.15) is 19.4 Å². The second-order valence-corrected chi connectivity index (χ2v) is 9.43. The van der Waals surface area contributed by atoms with Crippen LogP contribution in [0.5, 0.6) is 0 Å². The fourth-order valence-electron chi connectivity index (χ4n) is 3.41. The number of aliphatic hydroxyl groups is 1. The Labute approximate surface area is 159 Å². The molecule has 0 saturated carbocycles. The monoisotopic (exact) mass is 402 g/mol. The molecule has 2 heterocycles. The lowest BCUT2D eigenvalue weighted by Crippen LogP contribution is -2.46. The summed E-state index contributed by atoms with van der Waals surface area (Å²) in [6.45, 7) is 4.08. The Kier molecular flexibility index (Phi) is 6.11. The Hall–Kier alpha value is -0.830. The molecular formula is C18H27O8P. The van der Waals surface area contributed by atoms with Crippen molar-refractivity contribution in [1.29, 1.82) is 0 Å². The minimum atomic E-state index is -3.54. The van der Waals surface area contributed by atoms with Crippen LogP contribution in [-0.4, -0.2) is 62.0 Å². The molecule has 0 spiro atoms. The molecule has 0 radical (unpaired) electrons. The Morgan fingerprint density at radius 3 is 2.41 bits per heavy atom. The highest BCUT2D eigenvalue weighted by molar-refractivity contribution is 7.53. The second kappa shape index (κ2) is 7.89. The number of fused-ring (bicyclic) bond motifs is 1. The molecule has 2 saturated heterocycles. The Morgan fingerprint density at radius 2 is 1.78 bits per heavy atom. The van der Waals surface area contributed by atoms with Gasteiger partial charge in [-0.25, -0.2) is 0 Å². The third-order valence-electron chi connectivity index (χ3n) is 4.67. The fourth-order valence-corrected chi connectivity index (χ4v) is 4.63. The number of hydrogen-bond acceptors (Lipinski definition) is 8. The Bertz CT molecular complexity index is 673. The quantitative estimate of drug-likeness (QED) is 0.663. The van der Waals surface area contributed by atoms with Gasteiger partial charge in [0.2, 0.25) is 5.79 Å². The fraction of sp³-hybridized carbons (Fsp3) is 0.667. The molecule has 1 aromatic rings. The maximum atomic E-state index is 12.6. The number of ether oxygens (including phenoxy) is 4. The standard InChI is InChI=1S/C18H27O8P/c1-17(2)25-15-14(11-23-10-13-8-6-5-7-9-13)24-18(19,16(15)26-17)12-27(20,21-3)22-4/h5-9,14-16,19H,10-12H2,1-4H3. The highest BCUT2D eigenvalue weighted by Crippen LogP contribution is 2.54. The number of benzene rings is 1. The van der Waals surface area contributed by atoms with E-state index in [1.807, 2.05) is 30.3 Å². The zero-order valence-electron chi connectivity index (χ0n) is 16.0. The lowest BCUT2D eigenvalue weighted by molar-refractivity contribution is -0.269. The summed E-state index contributed by atoms with van der Waals surface area (Å²) < 4.78 is 45.8. The van der Waals surface area contributed by atoms with E-state index in [2.05, 4.69) is 0 Å².